The molecule has 0 unspecified atom stereocenters. The molecule has 1 nitrogen and oxygen atoms in total. The van der Waals surface area contributed by atoms with Crippen LogP contribution in [0.3, 0.4) is 0 Å². The molecule has 0 saturated carbocycles. The zero-order valence-electron chi connectivity index (χ0n) is 6.99. The molecule has 0 aliphatic heterocycles. The van der Waals surface area contributed by atoms with Gasteiger partial charge in [-0.05, 0) is 12.1 Å². The molecule has 0 heterocycles. The van der Waals surface area contributed by atoms with Gasteiger partial charge in [-0.25, -0.2) is 8.78 Å². The van der Waals surface area contributed by atoms with E-state index in [2.05, 4.69) is 27.9 Å². The molecule has 1 aromatic rings. The van der Waals surface area contributed by atoms with E-state index in [1.54, 1.807) is 0 Å². The number of hydrogen-bond acceptors (Lipinski definition) is 1. The number of nitrogens with one attached hydrogen (secondary N) is 1. The highest BCUT2D eigenvalue weighted by molar-refractivity contribution is 14.1. The third-order valence-corrected chi connectivity index (χ3v) is 2.17. The summed E-state index contributed by atoms with van der Waals surface area (Å²) < 4.78 is 26.9. The summed E-state index contributed by atoms with van der Waals surface area (Å²) in [5.74, 6) is -0.970. The second-order valence-corrected chi connectivity index (χ2v) is 3.64. The minimum absolute atomic E-state index is 0.118. The van der Waals surface area contributed by atoms with E-state index < -0.39 is 11.6 Å². The SMILES string of the molecule is Fc1cccc(F)c1CNCCI. The summed E-state index contributed by atoms with van der Waals surface area (Å²) in [4.78, 5) is 0. The molecule has 0 radical (unpaired) electrons. The van der Waals surface area contributed by atoms with Crippen LogP contribution in [0.1, 0.15) is 5.56 Å². The van der Waals surface area contributed by atoms with Crippen LogP contribution in [0.2, 0.25) is 0 Å². The van der Waals surface area contributed by atoms with Crippen molar-refractivity contribution in [2.45, 2.75) is 6.54 Å². The zero-order chi connectivity index (χ0) is 9.68. The van der Waals surface area contributed by atoms with Gasteiger partial charge in [-0.15, -0.1) is 0 Å². The number of rotatable bonds is 4. The first kappa shape index (κ1) is 10.8. The van der Waals surface area contributed by atoms with Crippen LogP contribution in [-0.2, 0) is 6.54 Å². The van der Waals surface area contributed by atoms with Crippen LogP contribution in [0.5, 0.6) is 0 Å². The monoisotopic (exact) mass is 297 g/mol. The van der Waals surface area contributed by atoms with Gasteiger partial charge in [-0.2, -0.15) is 0 Å². The number of hydrogen-bond donors (Lipinski definition) is 1. The minimum Gasteiger partial charge on any atom is -0.312 e. The first-order chi connectivity index (χ1) is 6.25. The zero-order valence-corrected chi connectivity index (χ0v) is 9.14. The molecule has 0 fully saturated rings. The highest BCUT2D eigenvalue weighted by Crippen LogP contribution is 2.11. The Morgan fingerprint density at radius 2 is 1.85 bits per heavy atom. The lowest BCUT2D eigenvalue weighted by molar-refractivity contribution is 0.540. The normalized spacial score (nSPS) is 10.4. The van der Waals surface area contributed by atoms with Gasteiger partial charge in [0.15, 0.2) is 0 Å². The maximum atomic E-state index is 13.0. The third-order valence-electron chi connectivity index (χ3n) is 1.63. The van der Waals surface area contributed by atoms with Crippen molar-refractivity contribution < 1.29 is 8.78 Å². The second kappa shape index (κ2) is 5.49. The highest BCUT2D eigenvalue weighted by Gasteiger charge is 2.06. The third kappa shape index (κ3) is 3.19. The fraction of sp³-hybridized carbons (Fsp3) is 0.333. The molecule has 0 amide bonds. The van der Waals surface area contributed by atoms with Crippen molar-refractivity contribution >= 4 is 22.6 Å². The van der Waals surface area contributed by atoms with Crippen molar-refractivity contribution in [3.05, 3.63) is 35.4 Å². The van der Waals surface area contributed by atoms with E-state index in [1.165, 1.54) is 18.2 Å². The van der Waals surface area contributed by atoms with Crippen molar-refractivity contribution in [3.63, 3.8) is 0 Å². The number of benzene rings is 1. The largest absolute Gasteiger partial charge is 0.312 e. The Morgan fingerprint density at radius 1 is 1.23 bits per heavy atom. The lowest BCUT2D eigenvalue weighted by atomic mass is 10.2. The lowest BCUT2D eigenvalue weighted by Gasteiger charge is -2.05. The quantitative estimate of drug-likeness (QED) is 0.511. The van der Waals surface area contributed by atoms with Gasteiger partial charge in [0.1, 0.15) is 11.6 Å². The Morgan fingerprint density at radius 3 is 2.38 bits per heavy atom. The van der Waals surface area contributed by atoms with Gasteiger partial charge in [0.25, 0.3) is 0 Å². The molecular weight excluding hydrogens is 287 g/mol. The summed E-state index contributed by atoms with van der Waals surface area (Å²) >= 11 is 2.20. The van der Waals surface area contributed by atoms with E-state index in [9.17, 15) is 8.78 Å². The highest BCUT2D eigenvalue weighted by atomic mass is 127. The predicted octanol–water partition coefficient (Wildman–Crippen LogP) is 2.49. The molecular formula is C9H10F2IN. The second-order valence-electron chi connectivity index (χ2n) is 2.57. The predicted molar refractivity (Wildman–Crippen MR) is 57.0 cm³/mol. The summed E-state index contributed by atoms with van der Waals surface area (Å²) in [7, 11) is 0. The van der Waals surface area contributed by atoms with Gasteiger partial charge in [-0.3, -0.25) is 0 Å². The van der Waals surface area contributed by atoms with E-state index in [0.29, 0.717) is 0 Å². The van der Waals surface area contributed by atoms with E-state index in [4.69, 9.17) is 0 Å². The molecule has 0 spiro atoms. The Balaban J connectivity index is 2.64. The first-order valence-electron chi connectivity index (χ1n) is 3.95. The Hall–Kier alpha value is -0.230. The van der Waals surface area contributed by atoms with Crippen LogP contribution in [0, 0.1) is 11.6 Å². The summed E-state index contributed by atoms with van der Waals surface area (Å²) in [5, 5.41) is 2.95. The Kier molecular flexibility index (Phi) is 4.58. The van der Waals surface area contributed by atoms with Crippen molar-refractivity contribution in [1.82, 2.24) is 5.32 Å². The van der Waals surface area contributed by atoms with Crippen molar-refractivity contribution in [2.75, 3.05) is 11.0 Å². The maximum absolute atomic E-state index is 13.0. The van der Waals surface area contributed by atoms with E-state index in [0.717, 1.165) is 11.0 Å². The standard InChI is InChI=1S/C9H10F2IN/c10-8-2-1-3-9(11)7(8)6-13-5-4-12/h1-3,13H,4-6H2. The summed E-state index contributed by atoms with van der Waals surface area (Å²) in [6.45, 7) is 1.01. The first-order valence-corrected chi connectivity index (χ1v) is 5.48. The molecule has 0 aliphatic carbocycles. The smallest absolute Gasteiger partial charge is 0.130 e. The van der Waals surface area contributed by atoms with Crippen LogP contribution < -0.4 is 5.32 Å². The van der Waals surface area contributed by atoms with Gasteiger partial charge < -0.3 is 5.32 Å². The van der Waals surface area contributed by atoms with E-state index in [-0.39, 0.29) is 12.1 Å². The topological polar surface area (TPSA) is 12.0 Å². The molecule has 13 heavy (non-hydrogen) atoms. The lowest BCUT2D eigenvalue weighted by Crippen LogP contribution is -2.17. The fourth-order valence-electron chi connectivity index (χ4n) is 0.981. The van der Waals surface area contributed by atoms with Crippen LogP contribution >= 0.6 is 22.6 Å². The number of halogens is 3. The molecule has 4 heteroatoms. The molecule has 1 aromatic carbocycles. The van der Waals surface area contributed by atoms with Crippen LogP contribution in [0.25, 0.3) is 0 Å². The van der Waals surface area contributed by atoms with Gasteiger partial charge >= 0.3 is 0 Å². The van der Waals surface area contributed by atoms with Crippen LogP contribution in [-0.4, -0.2) is 11.0 Å². The molecule has 72 valence electrons. The molecule has 1 rings (SSSR count). The van der Waals surface area contributed by atoms with Crippen molar-refractivity contribution in [2.24, 2.45) is 0 Å². The molecule has 0 atom stereocenters. The summed E-state index contributed by atoms with van der Waals surface area (Å²) in [5.41, 5.74) is 0.118. The van der Waals surface area contributed by atoms with Gasteiger partial charge in [0.2, 0.25) is 0 Å². The van der Waals surface area contributed by atoms with Crippen LogP contribution in [0.4, 0.5) is 8.78 Å². The minimum atomic E-state index is -0.485. The van der Waals surface area contributed by atoms with Gasteiger partial charge in [0.05, 0.1) is 0 Å². The molecule has 0 aromatic heterocycles. The van der Waals surface area contributed by atoms with E-state index in [1.807, 2.05) is 0 Å². The fourth-order valence-corrected chi connectivity index (χ4v) is 1.36. The van der Waals surface area contributed by atoms with Crippen molar-refractivity contribution in [1.29, 1.82) is 0 Å². The average Bonchev–Trinajstić information content (AvgIpc) is 2.10. The average molecular weight is 297 g/mol. The van der Waals surface area contributed by atoms with Gasteiger partial charge in [-0.1, -0.05) is 28.7 Å². The maximum Gasteiger partial charge on any atom is 0.130 e. The number of alkyl halides is 1. The molecule has 0 saturated heterocycles. The van der Waals surface area contributed by atoms with E-state index >= 15 is 0 Å². The van der Waals surface area contributed by atoms with Crippen molar-refractivity contribution in [3.8, 4) is 0 Å². The summed E-state index contributed by atoms with van der Waals surface area (Å²) in [6.07, 6.45) is 0. The van der Waals surface area contributed by atoms with Gasteiger partial charge in [0, 0.05) is 23.1 Å². The molecule has 0 aliphatic rings. The Labute approximate surface area is 89.7 Å². The summed E-state index contributed by atoms with van der Waals surface area (Å²) in [6, 6.07) is 3.90. The Bertz CT molecular complexity index is 258. The van der Waals surface area contributed by atoms with Crippen LogP contribution in [0.15, 0.2) is 18.2 Å². The molecule has 1 N–H and O–H groups in total. The molecule has 0 bridgehead atoms.